The number of nitrogens with one attached hydrogen (secondary N) is 1. The van der Waals surface area contributed by atoms with Gasteiger partial charge < -0.3 is 5.32 Å². The zero-order chi connectivity index (χ0) is 15.2. The summed E-state index contributed by atoms with van der Waals surface area (Å²) in [6.45, 7) is 3.75. The molecule has 2 fully saturated rings. The predicted octanol–water partition coefficient (Wildman–Crippen LogP) is 2.92. The SMILES string of the molecule is Cc1c(Br)cccc1N1C(=O)C2(CCCC2)NC(=O)C1C. The van der Waals surface area contributed by atoms with Crippen molar-refractivity contribution in [3.05, 3.63) is 28.2 Å². The standard InChI is InChI=1S/C16H19BrN2O2/c1-10-12(17)6-5-7-13(10)19-11(2)14(20)18-16(15(19)21)8-3-4-9-16/h5-7,11H,3-4,8-9H2,1-2H3,(H,18,20). The Morgan fingerprint density at radius 1 is 1.29 bits per heavy atom. The van der Waals surface area contributed by atoms with E-state index in [1.165, 1.54) is 0 Å². The van der Waals surface area contributed by atoms with Crippen molar-refractivity contribution in [1.82, 2.24) is 5.32 Å². The normalized spacial score (nSPS) is 24.5. The van der Waals surface area contributed by atoms with Gasteiger partial charge in [-0.2, -0.15) is 0 Å². The fraction of sp³-hybridized carbons (Fsp3) is 0.500. The lowest BCUT2D eigenvalue weighted by Gasteiger charge is -2.43. The molecule has 5 heteroatoms. The monoisotopic (exact) mass is 350 g/mol. The summed E-state index contributed by atoms with van der Waals surface area (Å²) >= 11 is 3.50. The molecule has 1 saturated carbocycles. The summed E-state index contributed by atoms with van der Waals surface area (Å²) in [6, 6.07) is 5.29. The Balaban J connectivity index is 2.08. The Bertz CT molecular complexity index is 608. The molecule has 1 saturated heterocycles. The average molecular weight is 351 g/mol. The van der Waals surface area contributed by atoms with Gasteiger partial charge >= 0.3 is 0 Å². The molecule has 1 aromatic carbocycles. The third-order valence-corrected chi connectivity index (χ3v) is 5.57. The number of hydrogen-bond acceptors (Lipinski definition) is 2. The number of hydrogen-bond donors (Lipinski definition) is 1. The van der Waals surface area contributed by atoms with Crippen LogP contribution in [0.25, 0.3) is 0 Å². The minimum absolute atomic E-state index is 0.0355. The average Bonchev–Trinajstić information content (AvgIpc) is 2.91. The third kappa shape index (κ3) is 2.18. The number of amides is 2. The number of piperazine rings is 1. The first-order chi connectivity index (χ1) is 9.96. The van der Waals surface area contributed by atoms with Gasteiger partial charge in [0.2, 0.25) is 5.91 Å². The molecule has 1 spiro atoms. The molecule has 21 heavy (non-hydrogen) atoms. The van der Waals surface area contributed by atoms with Crippen LogP contribution in [0.4, 0.5) is 5.69 Å². The highest BCUT2D eigenvalue weighted by Crippen LogP contribution is 2.38. The van der Waals surface area contributed by atoms with E-state index in [1.807, 2.05) is 25.1 Å². The van der Waals surface area contributed by atoms with E-state index in [4.69, 9.17) is 0 Å². The van der Waals surface area contributed by atoms with E-state index in [-0.39, 0.29) is 11.8 Å². The van der Waals surface area contributed by atoms with Crippen molar-refractivity contribution in [2.45, 2.75) is 51.1 Å². The van der Waals surface area contributed by atoms with E-state index < -0.39 is 11.6 Å². The van der Waals surface area contributed by atoms with E-state index in [2.05, 4.69) is 21.2 Å². The lowest BCUT2D eigenvalue weighted by molar-refractivity contribution is -0.137. The van der Waals surface area contributed by atoms with Gasteiger partial charge in [-0.3, -0.25) is 14.5 Å². The zero-order valence-corrected chi connectivity index (χ0v) is 13.9. The van der Waals surface area contributed by atoms with Gasteiger partial charge in [0.05, 0.1) is 0 Å². The van der Waals surface area contributed by atoms with Crippen molar-refractivity contribution in [2.75, 3.05) is 4.90 Å². The number of rotatable bonds is 1. The Kier molecular flexibility index (Phi) is 3.56. The smallest absolute Gasteiger partial charge is 0.253 e. The number of benzene rings is 1. The Hall–Kier alpha value is -1.36. The first-order valence-electron chi connectivity index (χ1n) is 7.37. The molecular weight excluding hydrogens is 332 g/mol. The lowest BCUT2D eigenvalue weighted by atomic mass is 9.90. The van der Waals surface area contributed by atoms with Gasteiger partial charge in [0.15, 0.2) is 0 Å². The highest BCUT2D eigenvalue weighted by molar-refractivity contribution is 9.10. The first-order valence-corrected chi connectivity index (χ1v) is 8.16. The van der Waals surface area contributed by atoms with Gasteiger partial charge in [0, 0.05) is 10.2 Å². The van der Waals surface area contributed by atoms with E-state index in [0.717, 1.165) is 41.4 Å². The summed E-state index contributed by atoms with van der Waals surface area (Å²) in [5.74, 6) is -0.0239. The first kappa shape index (κ1) is 14.6. The molecule has 0 bridgehead atoms. The minimum Gasteiger partial charge on any atom is -0.340 e. The van der Waals surface area contributed by atoms with E-state index >= 15 is 0 Å². The minimum atomic E-state index is -0.682. The van der Waals surface area contributed by atoms with Gasteiger partial charge in [-0.05, 0) is 44.4 Å². The fourth-order valence-corrected chi connectivity index (χ4v) is 3.77. The number of carbonyl (C=O) groups is 2. The lowest BCUT2D eigenvalue weighted by Crippen LogP contribution is -2.69. The Morgan fingerprint density at radius 3 is 2.62 bits per heavy atom. The van der Waals surface area contributed by atoms with Gasteiger partial charge in [-0.15, -0.1) is 0 Å². The molecule has 1 aliphatic heterocycles. The maximum Gasteiger partial charge on any atom is 0.253 e. The summed E-state index contributed by atoms with van der Waals surface area (Å²) in [7, 11) is 0. The molecule has 1 unspecified atom stereocenters. The molecule has 1 N–H and O–H groups in total. The van der Waals surface area contributed by atoms with Crippen LogP contribution >= 0.6 is 15.9 Å². The molecule has 112 valence electrons. The number of halogens is 1. The van der Waals surface area contributed by atoms with Crippen molar-refractivity contribution in [1.29, 1.82) is 0 Å². The molecule has 1 heterocycles. The van der Waals surface area contributed by atoms with Crippen LogP contribution < -0.4 is 10.2 Å². The molecule has 1 atom stereocenters. The third-order valence-electron chi connectivity index (χ3n) is 4.71. The van der Waals surface area contributed by atoms with Crippen LogP contribution in [0.3, 0.4) is 0 Å². The highest BCUT2D eigenvalue weighted by Gasteiger charge is 2.51. The maximum atomic E-state index is 13.1. The molecule has 3 rings (SSSR count). The summed E-state index contributed by atoms with van der Waals surface area (Å²) < 4.78 is 0.950. The second-order valence-corrected chi connectivity index (χ2v) is 6.87. The Labute approximate surface area is 133 Å². The van der Waals surface area contributed by atoms with E-state index in [9.17, 15) is 9.59 Å². The van der Waals surface area contributed by atoms with Gasteiger partial charge in [0.25, 0.3) is 5.91 Å². The highest BCUT2D eigenvalue weighted by atomic mass is 79.9. The van der Waals surface area contributed by atoms with Crippen molar-refractivity contribution in [2.24, 2.45) is 0 Å². The molecule has 1 aliphatic carbocycles. The van der Waals surface area contributed by atoms with Crippen LogP contribution in [0.5, 0.6) is 0 Å². The quantitative estimate of drug-likeness (QED) is 0.846. The fourth-order valence-electron chi connectivity index (χ4n) is 3.41. The molecule has 2 aliphatic rings. The summed E-state index contributed by atoms with van der Waals surface area (Å²) in [4.78, 5) is 27.1. The molecule has 2 amide bonds. The molecular formula is C16H19BrN2O2. The number of anilines is 1. The van der Waals surface area contributed by atoms with Crippen LogP contribution in [-0.2, 0) is 9.59 Å². The van der Waals surface area contributed by atoms with Crippen molar-refractivity contribution >= 4 is 33.4 Å². The summed E-state index contributed by atoms with van der Waals surface area (Å²) in [6.07, 6.45) is 3.47. The van der Waals surface area contributed by atoms with Crippen LogP contribution in [0, 0.1) is 6.92 Å². The largest absolute Gasteiger partial charge is 0.340 e. The van der Waals surface area contributed by atoms with Crippen LogP contribution in [-0.4, -0.2) is 23.4 Å². The summed E-state index contributed by atoms with van der Waals surface area (Å²) in [5.41, 5.74) is 1.13. The Morgan fingerprint density at radius 2 is 1.95 bits per heavy atom. The van der Waals surface area contributed by atoms with Gasteiger partial charge in [-0.1, -0.05) is 34.8 Å². The molecule has 0 aromatic heterocycles. The number of nitrogens with zero attached hydrogens (tertiary/aromatic N) is 1. The van der Waals surface area contributed by atoms with E-state index in [1.54, 1.807) is 11.8 Å². The van der Waals surface area contributed by atoms with Gasteiger partial charge in [-0.25, -0.2) is 0 Å². The second-order valence-electron chi connectivity index (χ2n) is 6.01. The van der Waals surface area contributed by atoms with Gasteiger partial charge in [0.1, 0.15) is 11.6 Å². The molecule has 0 radical (unpaired) electrons. The van der Waals surface area contributed by atoms with Crippen LogP contribution in [0.2, 0.25) is 0 Å². The summed E-state index contributed by atoms with van der Waals surface area (Å²) in [5, 5.41) is 2.98. The molecule has 1 aromatic rings. The van der Waals surface area contributed by atoms with Crippen molar-refractivity contribution < 1.29 is 9.59 Å². The van der Waals surface area contributed by atoms with Crippen LogP contribution in [0.15, 0.2) is 22.7 Å². The van der Waals surface area contributed by atoms with Crippen LogP contribution in [0.1, 0.15) is 38.2 Å². The maximum absolute atomic E-state index is 13.1. The van der Waals surface area contributed by atoms with E-state index in [0.29, 0.717) is 0 Å². The molecule has 4 nitrogen and oxygen atoms in total. The second kappa shape index (κ2) is 5.13. The zero-order valence-electron chi connectivity index (χ0n) is 12.3. The van der Waals surface area contributed by atoms with Crippen molar-refractivity contribution in [3.8, 4) is 0 Å². The van der Waals surface area contributed by atoms with Crippen molar-refractivity contribution in [3.63, 3.8) is 0 Å². The predicted molar refractivity (Wildman–Crippen MR) is 85.2 cm³/mol. The topological polar surface area (TPSA) is 49.4 Å². The number of carbonyl (C=O) groups excluding carboxylic acids is 2.